The van der Waals surface area contributed by atoms with Crippen molar-refractivity contribution >= 4 is 17.0 Å². The number of imidazole rings is 1. The molecule has 2 bridgehead atoms. The van der Waals surface area contributed by atoms with E-state index in [1.807, 2.05) is 23.6 Å². The average Bonchev–Trinajstić information content (AvgIpc) is 3.25. The van der Waals surface area contributed by atoms with Gasteiger partial charge in [-0.05, 0) is 24.7 Å². The van der Waals surface area contributed by atoms with E-state index in [2.05, 4.69) is 15.0 Å². The van der Waals surface area contributed by atoms with Gasteiger partial charge in [-0.25, -0.2) is 15.0 Å². The Bertz CT molecular complexity index is 755. The van der Waals surface area contributed by atoms with Gasteiger partial charge in [0.05, 0.1) is 31.7 Å². The van der Waals surface area contributed by atoms with Crippen molar-refractivity contribution in [3.8, 4) is 0 Å². The highest BCUT2D eigenvalue weighted by atomic mass is 16.3. The molecule has 2 aliphatic rings. The van der Waals surface area contributed by atoms with E-state index in [1.165, 1.54) is 6.33 Å². The Balaban J connectivity index is 1.74. The fourth-order valence-electron chi connectivity index (χ4n) is 4.80. The Labute approximate surface area is 139 Å². The van der Waals surface area contributed by atoms with Gasteiger partial charge in [0.2, 0.25) is 0 Å². The summed E-state index contributed by atoms with van der Waals surface area (Å²) in [5, 5.41) is 30.3. The van der Waals surface area contributed by atoms with Crippen molar-refractivity contribution in [2.75, 3.05) is 32.2 Å². The summed E-state index contributed by atoms with van der Waals surface area (Å²) >= 11 is 0. The van der Waals surface area contributed by atoms with E-state index < -0.39 is 11.5 Å². The molecular formula is C16H23N5O3. The van der Waals surface area contributed by atoms with Gasteiger partial charge >= 0.3 is 0 Å². The lowest BCUT2D eigenvalue weighted by Crippen LogP contribution is -2.45. The molecule has 0 amide bonds. The first-order valence-corrected chi connectivity index (χ1v) is 8.27. The molecule has 8 nitrogen and oxygen atoms in total. The molecule has 24 heavy (non-hydrogen) atoms. The molecule has 0 aliphatic heterocycles. The fourth-order valence-corrected chi connectivity index (χ4v) is 4.80. The molecule has 2 heterocycles. The second-order valence-electron chi connectivity index (χ2n) is 7.38. The molecular weight excluding hydrogens is 310 g/mol. The van der Waals surface area contributed by atoms with E-state index in [9.17, 15) is 15.3 Å². The summed E-state index contributed by atoms with van der Waals surface area (Å²) in [4.78, 5) is 15.0. The minimum absolute atomic E-state index is 0.0912. The third kappa shape index (κ3) is 1.93. The normalized spacial score (nSPS) is 31.0. The van der Waals surface area contributed by atoms with Crippen molar-refractivity contribution in [1.82, 2.24) is 19.5 Å². The number of nitrogens with zero attached hydrogens (tertiary/aromatic N) is 5. The topological polar surface area (TPSA) is 108 Å². The van der Waals surface area contributed by atoms with Gasteiger partial charge in [-0.15, -0.1) is 0 Å². The monoisotopic (exact) mass is 333 g/mol. The number of aliphatic hydroxyl groups is 3. The number of anilines is 1. The molecule has 8 heteroatoms. The van der Waals surface area contributed by atoms with E-state index in [0.717, 1.165) is 12.2 Å². The largest absolute Gasteiger partial charge is 0.396 e. The second-order valence-corrected chi connectivity index (χ2v) is 7.38. The summed E-state index contributed by atoms with van der Waals surface area (Å²) in [6, 6.07) is -0.129. The van der Waals surface area contributed by atoms with E-state index in [1.54, 1.807) is 6.33 Å². The predicted molar refractivity (Wildman–Crippen MR) is 87.5 cm³/mol. The van der Waals surface area contributed by atoms with Gasteiger partial charge in [-0.2, -0.15) is 0 Å². The summed E-state index contributed by atoms with van der Waals surface area (Å²) in [6.07, 6.45) is 4.12. The lowest BCUT2D eigenvalue weighted by atomic mass is 9.71. The summed E-state index contributed by atoms with van der Waals surface area (Å²) in [7, 11) is 3.81. The number of fused-ring (bicyclic) bond motifs is 3. The molecule has 130 valence electrons. The molecule has 4 atom stereocenters. The van der Waals surface area contributed by atoms with Gasteiger partial charge in [0.25, 0.3) is 0 Å². The van der Waals surface area contributed by atoms with Crippen molar-refractivity contribution in [1.29, 1.82) is 0 Å². The molecule has 0 spiro atoms. The van der Waals surface area contributed by atoms with Gasteiger partial charge in [0.15, 0.2) is 17.0 Å². The Morgan fingerprint density at radius 3 is 2.62 bits per heavy atom. The Hall–Kier alpha value is -1.77. The maximum Gasteiger partial charge on any atom is 0.165 e. The first-order chi connectivity index (χ1) is 11.5. The molecule has 2 aliphatic carbocycles. The highest BCUT2D eigenvalue weighted by Crippen LogP contribution is 2.60. The van der Waals surface area contributed by atoms with E-state index >= 15 is 0 Å². The first-order valence-electron chi connectivity index (χ1n) is 8.27. The molecule has 0 unspecified atom stereocenters. The number of aliphatic hydroxyl groups excluding tert-OH is 3. The van der Waals surface area contributed by atoms with Gasteiger partial charge in [-0.1, -0.05) is 0 Å². The third-order valence-electron chi connectivity index (χ3n) is 5.97. The van der Waals surface area contributed by atoms with E-state index in [4.69, 9.17) is 0 Å². The molecule has 2 saturated carbocycles. The molecule has 2 fully saturated rings. The van der Waals surface area contributed by atoms with Crippen molar-refractivity contribution in [2.24, 2.45) is 17.3 Å². The zero-order valence-electron chi connectivity index (χ0n) is 13.9. The Morgan fingerprint density at radius 1 is 1.25 bits per heavy atom. The summed E-state index contributed by atoms with van der Waals surface area (Å²) in [5.41, 5.74) is 0.859. The van der Waals surface area contributed by atoms with E-state index in [0.29, 0.717) is 17.6 Å². The van der Waals surface area contributed by atoms with Crippen LogP contribution in [0.3, 0.4) is 0 Å². The number of rotatable bonds is 4. The lowest BCUT2D eigenvalue weighted by Gasteiger charge is -2.40. The summed E-state index contributed by atoms with van der Waals surface area (Å²) in [5.74, 6) is 0.839. The molecule has 4 rings (SSSR count). The molecule has 2 aromatic heterocycles. The van der Waals surface area contributed by atoms with Crippen LogP contribution in [-0.4, -0.2) is 68.3 Å². The van der Waals surface area contributed by atoms with Crippen LogP contribution >= 0.6 is 0 Å². The highest BCUT2D eigenvalue weighted by molar-refractivity contribution is 5.83. The molecule has 0 radical (unpaired) electrons. The summed E-state index contributed by atoms with van der Waals surface area (Å²) in [6.45, 7) is -0.182. The quantitative estimate of drug-likeness (QED) is 0.711. The van der Waals surface area contributed by atoms with Gasteiger partial charge in [-0.3, -0.25) is 0 Å². The summed E-state index contributed by atoms with van der Waals surface area (Å²) < 4.78 is 1.94. The van der Waals surface area contributed by atoms with Crippen molar-refractivity contribution in [3.63, 3.8) is 0 Å². The van der Waals surface area contributed by atoms with Gasteiger partial charge < -0.3 is 24.8 Å². The van der Waals surface area contributed by atoms with Crippen LogP contribution in [0.1, 0.15) is 18.9 Å². The van der Waals surface area contributed by atoms with Crippen LogP contribution in [0.2, 0.25) is 0 Å². The van der Waals surface area contributed by atoms with Crippen LogP contribution in [0.15, 0.2) is 12.7 Å². The number of hydrogen-bond acceptors (Lipinski definition) is 7. The number of aromatic nitrogens is 4. The molecule has 0 aromatic carbocycles. The van der Waals surface area contributed by atoms with Crippen LogP contribution in [-0.2, 0) is 0 Å². The Morgan fingerprint density at radius 2 is 2.00 bits per heavy atom. The van der Waals surface area contributed by atoms with Crippen LogP contribution in [0.25, 0.3) is 11.2 Å². The fraction of sp³-hybridized carbons (Fsp3) is 0.688. The maximum atomic E-state index is 10.9. The predicted octanol–water partition coefficient (Wildman–Crippen LogP) is -0.195. The van der Waals surface area contributed by atoms with Crippen LogP contribution in [0, 0.1) is 17.3 Å². The zero-order valence-corrected chi connectivity index (χ0v) is 13.9. The Kier molecular flexibility index (Phi) is 3.52. The van der Waals surface area contributed by atoms with Crippen molar-refractivity contribution in [3.05, 3.63) is 12.7 Å². The zero-order chi connectivity index (χ0) is 17.1. The van der Waals surface area contributed by atoms with Crippen LogP contribution in [0.5, 0.6) is 0 Å². The first kappa shape index (κ1) is 15.7. The van der Waals surface area contributed by atoms with Crippen molar-refractivity contribution in [2.45, 2.75) is 25.0 Å². The van der Waals surface area contributed by atoms with E-state index in [-0.39, 0.29) is 31.1 Å². The average molecular weight is 333 g/mol. The maximum absolute atomic E-state index is 10.9. The molecule has 3 N–H and O–H groups in total. The number of hydrogen-bond donors (Lipinski definition) is 3. The minimum atomic E-state index is -0.627. The third-order valence-corrected chi connectivity index (χ3v) is 5.97. The standard InChI is InChI=1S/C16H23N5O3/c1-20(2)14-11-15(18-7-17-14)21(8-19-11)12-9-3-10(13(12)24)16(4-9,5-22)6-23/h7-10,12-13,22-24H,3-6H2,1-2H3/t9-,10-,12-,13+/m1/s1. The van der Waals surface area contributed by atoms with Gasteiger partial charge in [0, 0.05) is 19.5 Å². The van der Waals surface area contributed by atoms with Crippen molar-refractivity contribution < 1.29 is 15.3 Å². The smallest absolute Gasteiger partial charge is 0.165 e. The van der Waals surface area contributed by atoms with Crippen LogP contribution < -0.4 is 4.90 Å². The van der Waals surface area contributed by atoms with Crippen LogP contribution in [0.4, 0.5) is 5.82 Å². The SMILES string of the molecule is CN(C)c1ncnc2c1ncn2[C@@H]1[C@@H]2C[C@H]([C@@H]1O)C(CO)(CO)C2. The molecule has 0 saturated heterocycles. The molecule has 2 aromatic rings. The van der Waals surface area contributed by atoms with Gasteiger partial charge in [0.1, 0.15) is 6.33 Å². The minimum Gasteiger partial charge on any atom is -0.396 e. The second kappa shape index (κ2) is 5.37. The lowest BCUT2D eigenvalue weighted by molar-refractivity contribution is -0.0645. The highest BCUT2D eigenvalue weighted by Gasteiger charge is 2.60.